The number of alkyl halides is 3. The second kappa shape index (κ2) is 6.14. The second-order valence-corrected chi connectivity index (χ2v) is 6.49. The first-order valence-electron chi connectivity index (χ1n) is 6.89. The molecule has 0 aromatic heterocycles. The minimum atomic E-state index is -4.24. The Balaban J connectivity index is 2.50. The van der Waals surface area contributed by atoms with Gasteiger partial charge in [-0.1, -0.05) is 27.2 Å². The summed E-state index contributed by atoms with van der Waals surface area (Å²) in [4.78, 5) is 23.6. The van der Waals surface area contributed by atoms with E-state index in [0.717, 1.165) is 0 Å². The molecule has 0 radical (unpaired) electrons. The van der Waals surface area contributed by atoms with Gasteiger partial charge in [-0.25, -0.2) is 0 Å². The standard InChI is InChI=1S/C14H22F3NO2/c1-13(2,3)11(19)8-18-12(20)9-5-4-6-10(7-9)14(15,16)17/h9-10H,4-8H2,1-3H3,(H,18,20). The zero-order valence-electron chi connectivity index (χ0n) is 12.1. The molecule has 1 amide bonds. The molecule has 1 N–H and O–H groups in total. The predicted octanol–water partition coefficient (Wildman–Crippen LogP) is 3.09. The maximum atomic E-state index is 12.7. The molecule has 6 heteroatoms. The van der Waals surface area contributed by atoms with Gasteiger partial charge in [-0.05, 0) is 19.3 Å². The van der Waals surface area contributed by atoms with Crippen molar-refractivity contribution in [2.45, 2.75) is 52.6 Å². The predicted molar refractivity (Wildman–Crippen MR) is 69.0 cm³/mol. The molecule has 0 heterocycles. The van der Waals surface area contributed by atoms with Crippen molar-refractivity contribution in [2.75, 3.05) is 6.54 Å². The Morgan fingerprint density at radius 1 is 1.15 bits per heavy atom. The average Bonchev–Trinajstić information content (AvgIpc) is 2.33. The molecular formula is C14H22F3NO2. The Morgan fingerprint density at radius 3 is 2.25 bits per heavy atom. The van der Waals surface area contributed by atoms with E-state index in [0.29, 0.717) is 12.8 Å². The third kappa shape index (κ3) is 4.80. The summed E-state index contributed by atoms with van der Waals surface area (Å²) in [5.74, 6) is -2.60. The number of hydrogen-bond acceptors (Lipinski definition) is 2. The van der Waals surface area contributed by atoms with E-state index in [9.17, 15) is 22.8 Å². The summed E-state index contributed by atoms with van der Waals surface area (Å²) >= 11 is 0. The van der Waals surface area contributed by atoms with E-state index < -0.39 is 29.3 Å². The molecule has 0 spiro atoms. The van der Waals surface area contributed by atoms with Crippen LogP contribution in [0.25, 0.3) is 0 Å². The molecule has 0 saturated heterocycles. The lowest BCUT2D eigenvalue weighted by molar-refractivity contribution is -0.186. The van der Waals surface area contributed by atoms with Crippen LogP contribution < -0.4 is 5.32 Å². The number of carbonyl (C=O) groups excluding carboxylic acids is 2. The highest BCUT2D eigenvalue weighted by Crippen LogP contribution is 2.39. The van der Waals surface area contributed by atoms with Crippen LogP contribution >= 0.6 is 0 Å². The molecule has 1 rings (SSSR count). The zero-order chi connectivity index (χ0) is 15.6. The minimum Gasteiger partial charge on any atom is -0.349 e. The third-order valence-electron chi connectivity index (χ3n) is 3.77. The smallest absolute Gasteiger partial charge is 0.349 e. The summed E-state index contributed by atoms with van der Waals surface area (Å²) in [5, 5.41) is 2.47. The van der Waals surface area contributed by atoms with E-state index >= 15 is 0 Å². The number of amides is 1. The summed E-state index contributed by atoms with van der Waals surface area (Å²) < 4.78 is 38.0. The van der Waals surface area contributed by atoms with E-state index in [1.807, 2.05) is 0 Å². The van der Waals surface area contributed by atoms with Crippen LogP contribution in [0.4, 0.5) is 13.2 Å². The number of hydrogen-bond donors (Lipinski definition) is 1. The van der Waals surface area contributed by atoms with Gasteiger partial charge >= 0.3 is 6.18 Å². The normalized spacial score (nSPS) is 24.3. The number of ketones is 1. The van der Waals surface area contributed by atoms with Gasteiger partial charge in [-0.3, -0.25) is 9.59 Å². The number of halogens is 3. The van der Waals surface area contributed by atoms with Gasteiger partial charge in [-0.15, -0.1) is 0 Å². The Morgan fingerprint density at radius 2 is 1.75 bits per heavy atom. The number of Topliss-reactive ketones (excluding diaryl/α,β-unsaturated/α-hetero) is 1. The highest BCUT2D eigenvalue weighted by Gasteiger charge is 2.43. The van der Waals surface area contributed by atoms with E-state index in [1.165, 1.54) is 0 Å². The quantitative estimate of drug-likeness (QED) is 0.869. The molecule has 1 saturated carbocycles. The summed E-state index contributed by atoms with van der Waals surface area (Å²) in [6.07, 6.45) is -3.45. The van der Waals surface area contributed by atoms with Crippen LogP contribution in [0.3, 0.4) is 0 Å². The lowest BCUT2D eigenvalue weighted by Crippen LogP contribution is -2.41. The SMILES string of the molecule is CC(C)(C)C(=O)CNC(=O)C1CCCC(C(F)(F)F)C1. The summed E-state index contributed by atoms with van der Waals surface area (Å²) in [6, 6.07) is 0. The molecule has 3 nitrogen and oxygen atoms in total. The highest BCUT2D eigenvalue weighted by molar-refractivity contribution is 5.89. The van der Waals surface area contributed by atoms with E-state index in [1.54, 1.807) is 20.8 Å². The molecule has 20 heavy (non-hydrogen) atoms. The Kier molecular flexibility index (Phi) is 5.21. The van der Waals surface area contributed by atoms with Crippen LogP contribution in [0.5, 0.6) is 0 Å². The van der Waals surface area contributed by atoms with Crippen LogP contribution in [0, 0.1) is 17.3 Å². The maximum absolute atomic E-state index is 12.7. The second-order valence-electron chi connectivity index (χ2n) is 6.49. The lowest BCUT2D eigenvalue weighted by Gasteiger charge is -2.29. The number of nitrogens with one attached hydrogen (secondary N) is 1. The van der Waals surface area contributed by atoms with E-state index in [-0.39, 0.29) is 25.2 Å². The van der Waals surface area contributed by atoms with Gasteiger partial charge in [0.05, 0.1) is 12.5 Å². The van der Waals surface area contributed by atoms with Crippen molar-refractivity contribution in [3.05, 3.63) is 0 Å². The fraction of sp³-hybridized carbons (Fsp3) is 0.857. The molecule has 0 aliphatic heterocycles. The summed E-state index contributed by atoms with van der Waals surface area (Å²) in [7, 11) is 0. The average molecular weight is 293 g/mol. The maximum Gasteiger partial charge on any atom is 0.391 e. The largest absolute Gasteiger partial charge is 0.391 e. The Hall–Kier alpha value is -1.07. The molecule has 1 aliphatic carbocycles. The zero-order valence-corrected chi connectivity index (χ0v) is 12.1. The van der Waals surface area contributed by atoms with Crippen molar-refractivity contribution < 1.29 is 22.8 Å². The number of carbonyl (C=O) groups is 2. The fourth-order valence-corrected chi connectivity index (χ4v) is 2.30. The topological polar surface area (TPSA) is 46.2 Å². The molecule has 0 aromatic rings. The van der Waals surface area contributed by atoms with Gasteiger partial charge in [0.1, 0.15) is 0 Å². The molecule has 0 aromatic carbocycles. The third-order valence-corrected chi connectivity index (χ3v) is 3.77. The molecular weight excluding hydrogens is 271 g/mol. The van der Waals surface area contributed by atoms with E-state index in [2.05, 4.69) is 5.32 Å². The van der Waals surface area contributed by atoms with Crippen LogP contribution in [-0.4, -0.2) is 24.4 Å². The molecule has 1 fully saturated rings. The van der Waals surface area contributed by atoms with Crippen LogP contribution in [-0.2, 0) is 9.59 Å². The lowest BCUT2D eigenvalue weighted by atomic mass is 9.80. The Labute approximate surface area is 117 Å². The van der Waals surface area contributed by atoms with Crippen LogP contribution in [0.2, 0.25) is 0 Å². The minimum absolute atomic E-state index is 0.0915. The monoisotopic (exact) mass is 293 g/mol. The fourth-order valence-electron chi connectivity index (χ4n) is 2.30. The molecule has 116 valence electrons. The van der Waals surface area contributed by atoms with Gasteiger partial charge in [-0.2, -0.15) is 13.2 Å². The van der Waals surface area contributed by atoms with Crippen molar-refractivity contribution in [3.8, 4) is 0 Å². The van der Waals surface area contributed by atoms with Crippen molar-refractivity contribution in [2.24, 2.45) is 17.3 Å². The molecule has 2 unspecified atom stereocenters. The molecule has 0 bridgehead atoms. The van der Waals surface area contributed by atoms with E-state index in [4.69, 9.17) is 0 Å². The summed E-state index contributed by atoms with van der Waals surface area (Å²) in [5.41, 5.74) is -0.561. The van der Waals surface area contributed by atoms with Gasteiger partial charge in [0.2, 0.25) is 5.91 Å². The van der Waals surface area contributed by atoms with Crippen molar-refractivity contribution in [1.29, 1.82) is 0 Å². The van der Waals surface area contributed by atoms with Crippen molar-refractivity contribution in [3.63, 3.8) is 0 Å². The van der Waals surface area contributed by atoms with Gasteiger partial charge < -0.3 is 5.32 Å². The van der Waals surface area contributed by atoms with Gasteiger partial charge in [0.25, 0.3) is 0 Å². The summed E-state index contributed by atoms with van der Waals surface area (Å²) in [6.45, 7) is 5.10. The number of rotatable bonds is 3. The molecule has 1 aliphatic rings. The first-order valence-corrected chi connectivity index (χ1v) is 6.89. The van der Waals surface area contributed by atoms with Crippen molar-refractivity contribution in [1.82, 2.24) is 5.32 Å². The van der Waals surface area contributed by atoms with Gasteiger partial charge in [0, 0.05) is 11.3 Å². The molecule has 2 atom stereocenters. The first-order chi connectivity index (χ1) is 9.01. The Bertz CT molecular complexity index is 372. The van der Waals surface area contributed by atoms with Gasteiger partial charge in [0.15, 0.2) is 5.78 Å². The van der Waals surface area contributed by atoms with Crippen LogP contribution in [0.1, 0.15) is 46.5 Å². The van der Waals surface area contributed by atoms with Crippen molar-refractivity contribution >= 4 is 11.7 Å². The highest BCUT2D eigenvalue weighted by atomic mass is 19.4. The van der Waals surface area contributed by atoms with Crippen LogP contribution in [0.15, 0.2) is 0 Å². The first kappa shape index (κ1) is 17.0.